The molecule has 2 aromatic carbocycles. The van der Waals surface area contributed by atoms with Crippen molar-refractivity contribution in [2.45, 2.75) is 136 Å². The molecular formula is C51H75N9O10. The molecule has 0 radical (unpaired) electrons. The maximum atomic E-state index is 14.5. The number of rotatable bonds is 29. The lowest BCUT2D eigenvalue weighted by atomic mass is 9.87. The van der Waals surface area contributed by atoms with Crippen molar-refractivity contribution in [1.29, 1.82) is 0 Å². The highest BCUT2D eigenvalue weighted by Gasteiger charge is 2.42. The molecule has 5 amide bonds. The number of nitrogens with one attached hydrogen (secondary N) is 5. The van der Waals surface area contributed by atoms with Gasteiger partial charge >= 0.3 is 5.97 Å². The lowest BCUT2D eigenvalue weighted by Gasteiger charge is -2.33. The van der Waals surface area contributed by atoms with Gasteiger partial charge < -0.3 is 40.8 Å². The summed E-state index contributed by atoms with van der Waals surface area (Å²) in [6, 6.07) is 14.3. The average molecular weight is 974 g/mol. The van der Waals surface area contributed by atoms with Gasteiger partial charge in [0.2, 0.25) is 29.5 Å². The summed E-state index contributed by atoms with van der Waals surface area (Å²) in [4.78, 5) is 98.4. The fraction of sp³-hybridized carbons (Fsp3) is 0.588. The highest BCUT2D eigenvalue weighted by Crippen LogP contribution is 2.22. The molecule has 2 heterocycles. The molecular weight excluding hydrogens is 899 g/mol. The number of aryl methyl sites for hydroxylation is 1. The zero-order valence-corrected chi connectivity index (χ0v) is 42.2. The first-order valence-electron chi connectivity index (χ1n) is 24.4. The molecule has 1 fully saturated rings. The third kappa shape index (κ3) is 19.4. The van der Waals surface area contributed by atoms with Crippen molar-refractivity contribution in [2.24, 2.45) is 11.8 Å². The fourth-order valence-electron chi connectivity index (χ4n) is 7.76. The van der Waals surface area contributed by atoms with Crippen LogP contribution in [0.5, 0.6) is 0 Å². The lowest BCUT2D eigenvalue weighted by molar-refractivity contribution is -0.167. The molecule has 1 aliphatic rings. The predicted molar refractivity (Wildman–Crippen MR) is 262 cm³/mol. The van der Waals surface area contributed by atoms with E-state index < -0.39 is 71.7 Å². The van der Waals surface area contributed by atoms with Crippen LogP contribution >= 0.6 is 0 Å². The van der Waals surface area contributed by atoms with Gasteiger partial charge in [0.25, 0.3) is 0 Å². The van der Waals surface area contributed by atoms with Gasteiger partial charge in [0.1, 0.15) is 37.0 Å². The van der Waals surface area contributed by atoms with Gasteiger partial charge in [0, 0.05) is 25.6 Å². The summed E-state index contributed by atoms with van der Waals surface area (Å²) < 4.78 is 18.2. The number of Topliss-reactive ketones (excluding diaryl/α,β-unsaturated/α-hetero) is 1. The van der Waals surface area contributed by atoms with Crippen molar-refractivity contribution < 1.29 is 47.8 Å². The number of benzene rings is 2. The van der Waals surface area contributed by atoms with Crippen molar-refractivity contribution >= 4 is 41.3 Å². The minimum atomic E-state index is -1.70. The number of ether oxygens (including phenoxy) is 3. The minimum Gasteiger partial charge on any atom is -0.450 e. The normalized spacial score (nSPS) is 15.5. The maximum absolute atomic E-state index is 14.5. The van der Waals surface area contributed by atoms with E-state index in [-0.39, 0.29) is 75.6 Å². The standard InChI is InChI=1S/C51H75N9O10/c1-9-51(8,70-46(63)29-52-45(62)33-69-32-39-30-60(36(6)7)58-57-39)47(64)41(26-34(2)3)54-50(67)43(28-38-18-14-11-15-19-38)56-49(66)42(27-35(4)5)55-48(65)40(21-20-37-16-12-10-13-17-37)53-44(61)31-59-22-24-68-25-23-59/h10-19,30,34-36,40-43H,9,20-29,31-33H2,1-8H3,(H,52,62)(H,53,61)(H,54,67)(H,55,65)(H,56,66)/t40-,41-,42-,43-,51?/m0/s1. The van der Waals surface area contributed by atoms with Crippen LogP contribution in [0.25, 0.3) is 0 Å². The number of nitrogens with zero attached hydrogens (tertiary/aromatic N) is 4. The summed E-state index contributed by atoms with van der Waals surface area (Å²) in [5.74, 6) is -4.33. The van der Waals surface area contributed by atoms with Crippen LogP contribution in [0.2, 0.25) is 0 Å². The highest BCUT2D eigenvalue weighted by atomic mass is 16.6. The molecule has 70 heavy (non-hydrogen) atoms. The number of aromatic nitrogens is 3. The summed E-state index contributed by atoms with van der Waals surface area (Å²) in [5.41, 5.74) is 0.539. The molecule has 3 aromatic rings. The number of carbonyl (C=O) groups is 7. The predicted octanol–water partition coefficient (Wildman–Crippen LogP) is 3.01. The topological polar surface area (TPSA) is 241 Å². The molecule has 0 spiro atoms. The minimum absolute atomic E-state index is 0.0359. The lowest BCUT2D eigenvalue weighted by Crippen LogP contribution is -2.60. The highest BCUT2D eigenvalue weighted by molar-refractivity contribution is 5.99. The molecule has 0 aliphatic carbocycles. The first kappa shape index (κ1) is 56.5. The third-order valence-corrected chi connectivity index (χ3v) is 11.8. The van der Waals surface area contributed by atoms with Gasteiger partial charge in [0.05, 0.1) is 38.6 Å². The average Bonchev–Trinajstić information content (AvgIpc) is 3.81. The van der Waals surface area contributed by atoms with Crippen LogP contribution in [0.3, 0.4) is 0 Å². The number of hydrogen-bond donors (Lipinski definition) is 5. The van der Waals surface area contributed by atoms with Crippen LogP contribution < -0.4 is 26.6 Å². The molecule has 19 nitrogen and oxygen atoms in total. The molecule has 1 aliphatic heterocycles. The summed E-state index contributed by atoms with van der Waals surface area (Å²) >= 11 is 0. The van der Waals surface area contributed by atoms with Gasteiger partial charge in [-0.15, -0.1) is 5.10 Å². The zero-order valence-electron chi connectivity index (χ0n) is 42.2. The first-order valence-corrected chi connectivity index (χ1v) is 24.4. The Morgan fingerprint density at radius 2 is 1.30 bits per heavy atom. The van der Waals surface area contributed by atoms with E-state index in [9.17, 15) is 33.6 Å². The number of morpholine rings is 1. The third-order valence-electron chi connectivity index (χ3n) is 11.8. The van der Waals surface area contributed by atoms with E-state index in [4.69, 9.17) is 14.2 Å². The number of esters is 1. The second-order valence-corrected chi connectivity index (χ2v) is 19.1. The van der Waals surface area contributed by atoms with Gasteiger partial charge in [-0.25, -0.2) is 4.68 Å². The molecule has 1 unspecified atom stereocenters. The monoisotopic (exact) mass is 974 g/mol. The van der Waals surface area contributed by atoms with Crippen LogP contribution in [0.15, 0.2) is 66.9 Å². The smallest absolute Gasteiger partial charge is 0.326 e. The maximum Gasteiger partial charge on any atom is 0.326 e. The summed E-state index contributed by atoms with van der Waals surface area (Å²) in [6.45, 7) is 16.0. The van der Waals surface area contributed by atoms with Crippen molar-refractivity contribution in [3.05, 3.63) is 83.7 Å². The van der Waals surface area contributed by atoms with Crippen LogP contribution in [0.1, 0.15) is 104 Å². The van der Waals surface area contributed by atoms with Gasteiger partial charge in [0.15, 0.2) is 11.4 Å². The Morgan fingerprint density at radius 1 is 0.729 bits per heavy atom. The van der Waals surface area contributed by atoms with E-state index in [0.717, 1.165) is 11.1 Å². The van der Waals surface area contributed by atoms with Crippen molar-refractivity contribution in [3.8, 4) is 0 Å². The Kier molecular flexibility index (Phi) is 23.1. The Labute approximate surface area is 412 Å². The second kappa shape index (κ2) is 28.6. The second-order valence-electron chi connectivity index (χ2n) is 19.1. The SMILES string of the molecule is CCC(C)(OC(=O)CNC(=O)COCc1cn(C(C)C)nn1)C(=O)[C@H](CC(C)C)NC(=O)[C@H](Cc1ccccc1)NC(=O)[C@H](CC(C)C)NC(=O)[C@H](CCc1ccccc1)NC(=O)CN1CCOCC1. The Balaban J connectivity index is 1.47. The molecule has 0 saturated carbocycles. The van der Waals surface area contributed by atoms with Crippen molar-refractivity contribution in [3.63, 3.8) is 0 Å². The largest absolute Gasteiger partial charge is 0.450 e. The molecule has 4 rings (SSSR count). The van der Waals surface area contributed by atoms with E-state index in [0.29, 0.717) is 38.4 Å². The van der Waals surface area contributed by atoms with Crippen LogP contribution in [-0.4, -0.2) is 137 Å². The first-order chi connectivity index (χ1) is 33.3. The van der Waals surface area contributed by atoms with E-state index >= 15 is 0 Å². The van der Waals surface area contributed by atoms with E-state index in [2.05, 4.69) is 36.9 Å². The van der Waals surface area contributed by atoms with Gasteiger partial charge in [-0.2, -0.15) is 0 Å². The van der Waals surface area contributed by atoms with E-state index in [1.807, 2.05) is 95.0 Å². The summed E-state index contributed by atoms with van der Waals surface area (Å²) in [7, 11) is 0. The molecule has 5 N–H and O–H groups in total. The molecule has 1 aromatic heterocycles. The summed E-state index contributed by atoms with van der Waals surface area (Å²) in [5, 5.41) is 22.0. The number of ketones is 1. The van der Waals surface area contributed by atoms with Gasteiger partial charge in [-0.3, -0.25) is 38.5 Å². The van der Waals surface area contributed by atoms with Crippen LogP contribution in [0, 0.1) is 11.8 Å². The Bertz CT molecular complexity index is 2150. The van der Waals surface area contributed by atoms with Gasteiger partial charge in [-0.1, -0.05) is 100 Å². The number of hydrogen-bond acceptors (Lipinski definition) is 13. The molecule has 5 atom stereocenters. The molecule has 384 valence electrons. The van der Waals surface area contributed by atoms with Gasteiger partial charge in [-0.05, 0) is 75.8 Å². The fourth-order valence-corrected chi connectivity index (χ4v) is 7.76. The molecule has 0 bridgehead atoms. The van der Waals surface area contributed by atoms with Crippen LogP contribution in [-0.2, 0) is 67.2 Å². The quantitative estimate of drug-likeness (QED) is 0.0630. The number of amides is 5. The Morgan fingerprint density at radius 3 is 1.90 bits per heavy atom. The Hall–Kier alpha value is -6.05. The zero-order chi connectivity index (χ0) is 51.2. The van der Waals surface area contributed by atoms with Crippen molar-refractivity contribution in [1.82, 2.24) is 46.5 Å². The van der Waals surface area contributed by atoms with Crippen LogP contribution in [0.4, 0.5) is 0 Å². The summed E-state index contributed by atoms with van der Waals surface area (Å²) in [6.07, 6.45) is 2.96. The van der Waals surface area contributed by atoms with Crippen molar-refractivity contribution in [2.75, 3.05) is 46.0 Å². The number of carbonyl (C=O) groups excluding carboxylic acids is 7. The van der Waals surface area contributed by atoms with E-state index in [1.165, 1.54) is 6.92 Å². The molecule has 1 saturated heterocycles. The van der Waals surface area contributed by atoms with E-state index in [1.54, 1.807) is 29.9 Å². The molecule has 19 heteroatoms.